The van der Waals surface area contributed by atoms with Crippen molar-refractivity contribution >= 4 is 12.2 Å². The van der Waals surface area contributed by atoms with E-state index in [1.807, 2.05) is 19.1 Å². The molecule has 0 bridgehead atoms. The Kier molecular flexibility index (Phi) is 3.67. The van der Waals surface area contributed by atoms with Crippen molar-refractivity contribution in [2.24, 2.45) is 5.16 Å². The highest BCUT2D eigenvalue weighted by atomic mass is 16.6. The van der Waals surface area contributed by atoms with Crippen molar-refractivity contribution in [2.45, 2.75) is 6.92 Å². The van der Waals surface area contributed by atoms with Crippen LogP contribution in [0.1, 0.15) is 5.56 Å². The van der Waals surface area contributed by atoms with Crippen molar-refractivity contribution < 1.29 is 14.4 Å². The van der Waals surface area contributed by atoms with Gasteiger partial charge in [0.25, 0.3) is 0 Å². The normalized spacial score (nSPS) is 10.1. The summed E-state index contributed by atoms with van der Waals surface area (Å²) >= 11 is 0. The molecule has 0 aliphatic carbocycles. The van der Waals surface area contributed by atoms with Crippen LogP contribution < -0.4 is 4.84 Å². The fourth-order valence-corrected chi connectivity index (χ4v) is 0.782. The van der Waals surface area contributed by atoms with Crippen molar-refractivity contribution in [3.63, 3.8) is 0 Å². The molecule has 0 radical (unpaired) electrons. The third-order valence-electron chi connectivity index (χ3n) is 1.54. The third-order valence-corrected chi connectivity index (χ3v) is 1.54. The lowest BCUT2D eigenvalue weighted by Gasteiger charge is -1.97. The molecule has 4 nitrogen and oxygen atoms in total. The van der Waals surface area contributed by atoms with Gasteiger partial charge in [0, 0.05) is 0 Å². The van der Waals surface area contributed by atoms with Crippen LogP contribution >= 0.6 is 0 Å². The van der Waals surface area contributed by atoms with E-state index in [2.05, 4.69) is 9.89 Å². The van der Waals surface area contributed by atoms with Gasteiger partial charge in [-0.05, 0) is 19.1 Å². The minimum Gasteiger partial charge on any atom is -0.465 e. The lowest BCUT2D eigenvalue weighted by atomic mass is 10.2. The predicted molar refractivity (Wildman–Crippen MR) is 52.3 cm³/mol. The Bertz CT molecular complexity index is 330. The Morgan fingerprint density at radius 2 is 2.00 bits per heavy atom. The summed E-state index contributed by atoms with van der Waals surface area (Å²) in [5.74, 6) is 0.0351. The van der Waals surface area contributed by atoms with E-state index in [1.165, 1.54) is 7.11 Å². The minimum atomic E-state index is -0.544. The van der Waals surface area contributed by atoms with E-state index in [0.29, 0.717) is 5.75 Å². The molecule has 0 spiro atoms. The number of carbonyl (C=O) groups excluding carboxylic acids is 1. The highest BCUT2D eigenvalue weighted by Gasteiger charge is 1.93. The van der Waals surface area contributed by atoms with E-state index in [0.717, 1.165) is 11.8 Å². The Morgan fingerprint density at radius 3 is 2.57 bits per heavy atom. The van der Waals surface area contributed by atoms with Crippen LogP contribution in [0.3, 0.4) is 0 Å². The number of carbonyl (C=O) groups is 1. The van der Waals surface area contributed by atoms with Gasteiger partial charge >= 0.3 is 5.97 Å². The highest BCUT2D eigenvalue weighted by molar-refractivity contribution is 6.22. The molecule has 0 amide bonds. The van der Waals surface area contributed by atoms with E-state index >= 15 is 0 Å². The average Bonchev–Trinajstić information content (AvgIpc) is 2.21. The fourth-order valence-electron chi connectivity index (χ4n) is 0.782. The maximum Gasteiger partial charge on any atom is 0.352 e. The SMILES string of the molecule is COC(=O)/C=N/Oc1ccc(C)cc1. The number of methoxy groups -OCH3 is 1. The molecule has 1 rings (SSSR count). The summed E-state index contributed by atoms with van der Waals surface area (Å²) in [7, 11) is 1.28. The fraction of sp³-hybridized carbons (Fsp3) is 0.200. The number of rotatable bonds is 3. The first-order valence-corrected chi connectivity index (χ1v) is 4.07. The van der Waals surface area contributed by atoms with Crippen molar-refractivity contribution in [3.05, 3.63) is 29.8 Å². The standard InChI is InChI=1S/C10H11NO3/c1-8-3-5-9(6-4-8)14-11-7-10(12)13-2/h3-7H,1-2H3/b11-7+. The van der Waals surface area contributed by atoms with Gasteiger partial charge in [-0.1, -0.05) is 22.9 Å². The summed E-state index contributed by atoms with van der Waals surface area (Å²) in [6.07, 6.45) is 0.972. The van der Waals surface area contributed by atoms with Crippen LogP contribution in [0.25, 0.3) is 0 Å². The zero-order valence-corrected chi connectivity index (χ0v) is 8.06. The predicted octanol–water partition coefficient (Wildman–Crippen LogP) is 1.53. The van der Waals surface area contributed by atoms with Gasteiger partial charge in [0.05, 0.1) is 7.11 Å². The van der Waals surface area contributed by atoms with Crippen molar-refractivity contribution in [1.82, 2.24) is 0 Å². The number of hydrogen-bond acceptors (Lipinski definition) is 4. The van der Waals surface area contributed by atoms with Crippen molar-refractivity contribution in [3.8, 4) is 5.75 Å². The van der Waals surface area contributed by atoms with E-state index in [9.17, 15) is 4.79 Å². The first-order valence-electron chi connectivity index (χ1n) is 4.07. The second kappa shape index (κ2) is 5.01. The van der Waals surface area contributed by atoms with E-state index in [4.69, 9.17) is 4.84 Å². The smallest absolute Gasteiger partial charge is 0.352 e. The topological polar surface area (TPSA) is 47.9 Å². The van der Waals surface area contributed by atoms with E-state index < -0.39 is 5.97 Å². The maximum atomic E-state index is 10.6. The molecule has 4 heteroatoms. The summed E-state index contributed by atoms with van der Waals surface area (Å²) in [5.41, 5.74) is 1.13. The van der Waals surface area contributed by atoms with Gasteiger partial charge in [-0.15, -0.1) is 0 Å². The summed E-state index contributed by atoms with van der Waals surface area (Å²) in [4.78, 5) is 15.5. The zero-order valence-electron chi connectivity index (χ0n) is 8.06. The molecule has 1 aromatic rings. The molecule has 74 valence electrons. The molecule has 1 aromatic carbocycles. The van der Waals surface area contributed by atoms with Gasteiger partial charge < -0.3 is 9.57 Å². The molecule has 0 aliphatic rings. The van der Waals surface area contributed by atoms with E-state index in [-0.39, 0.29) is 0 Å². The molecule has 0 saturated carbocycles. The Labute approximate surface area is 82.1 Å². The molecular weight excluding hydrogens is 182 g/mol. The Hall–Kier alpha value is -1.84. The minimum absolute atomic E-state index is 0.544. The zero-order chi connectivity index (χ0) is 10.4. The number of hydrogen-bond donors (Lipinski definition) is 0. The maximum absolute atomic E-state index is 10.6. The first kappa shape index (κ1) is 10.2. The average molecular weight is 193 g/mol. The number of aryl methyl sites for hydroxylation is 1. The van der Waals surface area contributed by atoms with Crippen LogP contribution in [0.4, 0.5) is 0 Å². The molecule has 0 heterocycles. The van der Waals surface area contributed by atoms with Gasteiger partial charge in [-0.2, -0.15) is 0 Å². The van der Waals surface area contributed by atoms with Crippen LogP contribution in [0.15, 0.2) is 29.4 Å². The number of ether oxygens (including phenoxy) is 1. The van der Waals surface area contributed by atoms with Gasteiger partial charge in [-0.25, -0.2) is 4.79 Å². The quantitative estimate of drug-likeness (QED) is 0.415. The lowest BCUT2D eigenvalue weighted by molar-refractivity contribution is -0.132. The molecule has 0 fully saturated rings. The first-order chi connectivity index (χ1) is 6.72. The molecule has 0 aliphatic heterocycles. The summed E-state index contributed by atoms with van der Waals surface area (Å²) in [6, 6.07) is 7.32. The monoisotopic (exact) mass is 193 g/mol. The van der Waals surface area contributed by atoms with Crippen LogP contribution in [0, 0.1) is 6.92 Å². The molecule has 14 heavy (non-hydrogen) atoms. The highest BCUT2D eigenvalue weighted by Crippen LogP contribution is 2.10. The van der Waals surface area contributed by atoms with Gasteiger partial charge in [0.1, 0.15) is 0 Å². The number of esters is 1. The number of oxime groups is 1. The van der Waals surface area contributed by atoms with Crippen LogP contribution in [0.2, 0.25) is 0 Å². The Morgan fingerprint density at radius 1 is 1.36 bits per heavy atom. The molecule has 0 unspecified atom stereocenters. The molecule has 0 atom stereocenters. The van der Waals surface area contributed by atoms with Crippen LogP contribution in [-0.2, 0) is 9.53 Å². The molecule has 0 N–H and O–H groups in total. The summed E-state index contributed by atoms with van der Waals surface area (Å²) in [6.45, 7) is 1.97. The molecule has 0 saturated heterocycles. The largest absolute Gasteiger partial charge is 0.465 e. The van der Waals surface area contributed by atoms with Gasteiger partial charge in [-0.3, -0.25) is 0 Å². The van der Waals surface area contributed by atoms with Crippen molar-refractivity contribution in [2.75, 3.05) is 7.11 Å². The second-order valence-corrected chi connectivity index (χ2v) is 2.66. The van der Waals surface area contributed by atoms with Crippen LogP contribution in [-0.4, -0.2) is 19.3 Å². The molecular formula is C10H11NO3. The third kappa shape index (κ3) is 3.26. The van der Waals surface area contributed by atoms with E-state index in [1.54, 1.807) is 12.1 Å². The lowest BCUT2D eigenvalue weighted by Crippen LogP contribution is -2.01. The second-order valence-electron chi connectivity index (χ2n) is 2.66. The summed E-state index contributed by atoms with van der Waals surface area (Å²) < 4.78 is 4.34. The Balaban J connectivity index is 2.49. The summed E-state index contributed by atoms with van der Waals surface area (Å²) in [5, 5.41) is 3.44. The van der Waals surface area contributed by atoms with Crippen molar-refractivity contribution in [1.29, 1.82) is 0 Å². The number of nitrogens with zero attached hydrogens (tertiary/aromatic N) is 1. The molecule has 0 aromatic heterocycles. The van der Waals surface area contributed by atoms with Gasteiger partial charge in [0.15, 0.2) is 12.0 Å². The number of benzene rings is 1. The van der Waals surface area contributed by atoms with Gasteiger partial charge in [0.2, 0.25) is 0 Å². The van der Waals surface area contributed by atoms with Crippen LogP contribution in [0.5, 0.6) is 5.75 Å².